The molecule has 126 valence electrons. The first kappa shape index (κ1) is 15.3. The van der Waals surface area contributed by atoms with Crippen LogP contribution in [0.5, 0.6) is 0 Å². The van der Waals surface area contributed by atoms with Gasteiger partial charge in [0.25, 0.3) is 0 Å². The van der Waals surface area contributed by atoms with Crippen LogP contribution in [-0.4, -0.2) is 38.1 Å². The largest absolute Gasteiger partial charge is 0.342 e. The molecule has 0 bridgehead atoms. The Labute approximate surface area is 139 Å². The van der Waals surface area contributed by atoms with Gasteiger partial charge in [-0.1, -0.05) is 18.5 Å². The Bertz CT molecular complexity index is 850. The Kier molecular flexibility index (Phi) is 4.02. The number of rotatable bonds is 4. The van der Waals surface area contributed by atoms with Gasteiger partial charge in [0.2, 0.25) is 11.7 Å². The normalized spacial score (nSPS) is 16.1. The number of imidazole rings is 1. The van der Waals surface area contributed by atoms with E-state index < -0.39 is 0 Å². The predicted octanol–water partition coefficient (Wildman–Crippen LogP) is 3.30. The molecule has 6 nitrogen and oxygen atoms in total. The van der Waals surface area contributed by atoms with Crippen molar-refractivity contribution in [1.82, 2.24) is 25.0 Å². The summed E-state index contributed by atoms with van der Waals surface area (Å²) in [4.78, 5) is 14.3. The predicted molar refractivity (Wildman–Crippen MR) is 87.8 cm³/mol. The van der Waals surface area contributed by atoms with Gasteiger partial charge in [-0.2, -0.15) is 4.98 Å². The van der Waals surface area contributed by atoms with E-state index >= 15 is 0 Å². The topological polar surface area (TPSA) is 70.8 Å². The lowest BCUT2D eigenvalue weighted by molar-refractivity contribution is 0.193. The number of halogens is 1. The van der Waals surface area contributed by atoms with Gasteiger partial charge >= 0.3 is 0 Å². The summed E-state index contributed by atoms with van der Waals surface area (Å²) in [6.45, 7) is 4.70. The molecule has 0 saturated carbocycles. The minimum atomic E-state index is -0.387. The second-order valence-electron chi connectivity index (χ2n) is 6.20. The van der Waals surface area contributed by atoms with Crippen molar-refractivity contribution < 1.29 is 8.91 Å². The van der Waals surface area contributed by atoms with Gasteiger partial charge < -0.3 is 9.51 Å². The fourth-order valence-electron chi connectivity index (χ4n) is 3.21. The first-order valence-corrected chi connectivity index (χ1v) is 8.47. The molecular weight excluding hydrogens is 309 g/mol. The highest BCUT2D eigenvalue weighted by Crippen LogP contribution is 2.28. The molecule has 24 heavy (non-hydrogen) atoms. The van der Waals surface area contributed by atoms with Crippen LogP contribution in [0.4, 0.5) is 4.39 Å². The molecule has 1 aliphatic rings. The third kappa shape index (κ3) is 2.80. The molecule has 0 amide bonds. The molecule has 0 spiro atoms. The zero-order valence-corrected chi connectivity index (χ0v) is 13.7. The summed E-state index contributed by atoms with van der Waals surface area (Å²) in [5.41, 5.74) is 1.64. The number of fused-ring (bicyclic) bond motifs is 1. The van der Waals surface area contributed by atoms with Crippen molar-refractivity contribution in [2.75, 3.05) is 13.1 Å². The maximum Gasteiger partial charge on any atom is 0.241 e. The maximum absolute atomic E-state index is 14.4. The number of aromatic nitrogens is 4. The highest BCUT2D eigenvalue weighted by atomic mass is 19.1. The summed E-state index contributed by atoms with van der Waals surface area (Å²) in [5, 5.41) is 3.99. The van der Waals surface area contributed by atoms with Crippen molar-refractivity contribution in [1.29, 1.82) is 0 Å². The first-order chi connectivity index (χ1) is 11.7. The van der Waals surface area contributed by atoms with Gasteiger partial charge in [0, 0.05) is 6.42 Å². The molecule has 3 heterocycles. The van der Waals surface area contributed by atoms with E-state index in [9.17, 15) is 4.39 Å². The molecule has 3 aromatic rings. The number of H-pyrrole nitrogens is 1. The summed E-state index contributed by atoms with van der Waals surface area (Å²) < 4.78 is 19.8. The zero-order valence-electron chi connectivity index (χ0n) is 13.7. The number of likely N-dealkylation sites (tertiary alicyclic amines) is 1. The van der Waals surface area contributed by atoms with Gasteiger partial charge in [0.15, 0.2) is 0 Å². The molecule has 1 saturated heterocycles. The summed E-state index contributed by atoms with van der Waals surface area (Å²) in [5.74, 6) is 1.21. The van der Waals surface area contributed by atoms with Crippen molar-refractivity contribution in [3.05, 3.63) is 29.7 Å². The molecule has 1 fully saturated rings. The number of hydrogen-bond donors (Lipinski definition) is 1. The average Bonchev–Trinajstić information content (AvgIpc) is 3.22. The van der Waals surface area contributed by atoms with Gasteiger partial charge in [-0.3, -0.25) is 4.90 Å². The molecular formula is C17H20FN5O. The van der Waals surface area contributed by atoms with E-state index in [0.29, 0.717) is 23.5 Å². The van der Waals surface area contributed by atoms with Crippen LogP contribution >= 0.6 is 0 Å². The number of nitrogens with one attached hydrogen (secondary N) is 1. The summed E-state index contributed by atoms with van der Waals surface area (Å²) in [6.07, 6.45) is 4.42. The smallest absolute Gasteiger partial charge is 0.241 e. The molecule has 0 unspecified atom stereocenters. The minimum absolute atomic E-state index is 0.263. The Morgan fingerprint density at radius 1 is 1.21 bits per heavy atom. The number of benzene rings is 1. The van der Waals surface area contributed by atoms with Gasteiger partial charge in [-0.15, -0.1) is 0 Å². The number of aromatic amines is 1. The van der Waals surface area contributed by atoms with Crippen LogP contribution in [0.1, 0.15) is 37.9 Å². The fraction of sp³-hybridized carbons (Fsp3) is 0.471. The van der Waals surface area contributed by atoms with E-state index in [1.165, 1.54) is 25.3 Å². The first-order valence-electron chi connectivity index (χ1n) is 8.47. The van der Waals surface area contributed by atoms with Crippen LogP contribution < -0.4 is 0 Å². The average molecular weight is 329 g/mol. The van der Waals surface area contributed by atoms with E-state index in [1.54, 1.807) is 6.07 Å². The number of nitrogens with zero attached hydrogens (tertiary/aromatic N) is 4. The SMILES string of the molecule is CCc1nc2c(-c3noc(CN4CCCCC4)n3)c(F)ccc2[nH]1. The molecule has 0 radical (unpaired) electrons. The summed E-state index contributed by atoms with van der Waals surface area (Å²) in [7, 11) is 0. The Morgan fingerprint density at radius 3 is 2.83 bits per heavy atom. The molecule has 1 N–H and O–H groups in total. The molecule has 0 aliphatic carbocycles. The van der Waals surface area contributed by atoms with Crippen LogP contribution in [0.2, 0.25) is 0 Å². The van der Waals surface area contributed by atoms with Crippen molar-refractivity contribution in [2.24, 2.45) is 0 Å². The lowest BCUT2D eigenvalue weighted by Crippen LogP contribution is -2.29. The quantitative estimate of drug-likeness (QED) is 0.795. The highest BCUT2D eigenvalue weighted by Gasteiger charge is 2.20. The summed E-state index contributed by atoms with van der Waals surface area (Å²) >= 11 is 0. The summed E-state index contributed by atoms with van der Waals surface area (Å²) in [6, 6.07) is 3.10. The molecule has 4 rings (SSSR count). The van der Waals surface area contributed by atoms with Crippen LogP contribution in [0.15, 0.2) is 16.7 Å². The molecule has 7 heteroatoms. The van der Waals surface area contributed by atoms with E-state index in [2.05, 4.69) is 25.0 Å². The van der Waals surface area contributed by atoms with Crippen LogP contribution in [0, 0.1) is 5.82 Å². The zero-order chi connectivity index (χ0) is 16.5. The van der Waals surface area contributed by atoms with E-state index in [1.807, 2.05) is 6.92 Å². The van der Waals surface area contributed by atoms with Gasteiger partial charge in [-0.05, 0) is 38.1 Å². The van der Waals surface area contributed by atoms with Crippen molar-refractivity contribution >= 4 is 11.0 Å². The molecule has 2 aromatic heterocycles. The second kappa shape index (κ2) is 6.32. The third-order valence-electron chi connectivity index (χ3n) is 4.49. The number of aryl methyl sites for hydroxylation is 1. The van der Waals surface area contributed by atoms with E-state index in [-0.39, 0.29) is 11.6 Å². The molecule has 0 atom stereocenters. The van der Waals surface area contributed by atoms with Gasteiger partial charge in [0.1, 0.15) is 17.2 Å². The second-order valence-corrected chi connectivity index (χ2v) is 6.20. The maximum atomic E-state index is 14.4. The Balaban J connectivity index is 1.67. The van der Waals surface area contributed by atoms with Crippen molar-refractivity contribution in [3.8, 4) is 11.4 Å². The van der Waals surface area contributed by atoms with Crippen molar-refractivity contribution in [3.63, 3.8) is 0 Å². The van der Waals surface area contributed by atoms with E-state index in [4.69, 9.17) is 4.52 Å². The Hall–Kier alpha value is -2.28. The standard InChI is InChI=1S/C17H20FN5O/c1-2-13-19-12-7-6-11(18)15(16(12)20-13)17-21-14(24-22-17)10-23-8-4-3-5-9-23/h6-7H,2-5,8-10H2,1H3,(H,19,20). The molecule has 1 aromatic carbocycles. The van der Waals surface area contributed by atoms with Crippen molar-refractivity contribution in [2.45, 2.75) is 39.2 Å². The lowest BCUT2D eigenvalue weighted by atomic mass is 10.1. The van der Waals surface area contributed by atoms with Gasteiger partial charge in [0.05, 0.1) is 17.6 Å². The fourth-order valence-corrected chi connectivity index (χ4v) is 3.21. The number of piperidine rings is 1. The third-order valence-corrected chi connectivity index (χ3v) is 4.49. The monoisotopic (exact) mass is 329 g/mol. The van der Waals surface area contributed by atoms with Crippen LogP contribution in [0.3, 0.4) is 0 Å². The van der Waals surface area contributed by atoms with E-state index in [0.717, 1.165) is 30.9 Å². The lowest BCUT2D eigenvalue weighted by Gasteiger charge is -2.24. The van der Waals surface area contributed by atoms with Crippen LogP contribution in [-0.2, 0) is 13.0 Å². The van der Waals surface area contributed by atoms with Gasteiger partial charge in [-0.25, -0.2) is 9.37 Å². The number of hydrogen-bond acceptors (Lipinski definition) is 5. The van der Waals surface area contributed by atoms with Crippen LogP contribution in [0.25, 0.3) is 22.4 Å². The minimum Gasteiger partial charge on any atom is -0.342 e. The Morgan fingerprint density at radius 2 is 2.04 bits per heavy atom. The molecule has 1 aliphatic heterocycles. The highest BCUT2D eigenvalue weighted by molar-refractivity contribution is 5.90.